The van der Waals surface area contributed by atoms with Gasteiger partial charge in [-0.3, -0.25) is 9.69 Å². The maximum Gasteiger partial charge on any atom is 0.336 e. The first-order chi connectivity index (χ1) is 11.0. The average Bonchev–Trinajstić information content (AvgIpc) is 2.51. The van der Waals surface area contributed by atoms with E-state index >= 15 is 0 Å². The molecule has 0 unspecified atom stereocenters. The third-order valence-corrected chi connectivity index (χ3v) is 4.82. The second-order valence-corrected chi connectivity index (χ2v) is 6.45. The standard InChI is InChI=1S/C18H22N2O3/c1-11-5-6-15-14(8-16(21)23-17(15)12(11)2)10-20-7-3-4-13(9-20)18(19)22/h5-6,8,13H,3-4,7,9-10H2,1-2H3,(H2,19,22)/t13-/m1/s1. The van der Waals surface area contributed by atoms with E-state index in [0.717, 1.165) is 41.5 Å². The van der Waals surface area contributed by atoms with Crippen LogP contribution in [0.4, 0.5) is 0 Å². The molecule has 1 saturated heterocycles. The van der Waals surface area contributed by atoms with Crippen molar-refractivity contribution in [1.82, 2.24) is 4.90 Å². The minimum absolute atomic E-state index is 0.0980. The first-order valence-corrected chi connectivity index (χ1v) is 8.00. The number of piperidine rings is 1. The third-order valence-electron chi connectivity index (χ3n) is 4.82. The molecule has 2 heterocycles. The lowest BCUT2D eigenvalue weighted by atomic mass is 9.96. The van der Waals surface area contributed by atoms with Gasteiger partial charge in [0.2, 0.25) is 5.91 Å². The van der Waals surface area contributed by atoms with Gasteiger partial charge in [0.25, 0.3) is 0 Å². The number of rotatable bonds is 3. The highest BCUT2D eigenvalue weighted by Crippen LogP contribution is 2.25. The summed E-state index contributed by atoms with van der Waals surface area (Å²) in [5.41, 5.74) is 8.82. The van der Waals surface area contributed by atoms with Crippen molar-refractivity contribution in [3.8, 4) is 0 Å². The number of hydrogen-bond acceptors (Lipinski definition) is 4. The predicted octanol–water partition coefficient (Wildman–Crippen LogP) is 2.11. The highest BCUT2D eigenvalue weighted by Gasteiger charge is 2.24. The normalized spacial score (nSPS) is 19.1. The van der Waals surface area contributed by atoms with Crippen molar-refractivity contribution in [2.45, 2.75) is 33.2 Å². The Kier molecular flexibility index (Phi) is 4.22. The van der Waals surface area contributed by atoms with Gasteiger partial charge in [0, 0.05) is 24.5 Å². The fourth-order valence-corrected chi connectivity index (χ4v) is 3.33. The summed E-state index contributed by atoms with van der Waals surface area (Å²) < 4.78 is 5.41. The van der Waals surface area contributed by atoms with E-state index in [0.29, 0.717) is 18.7 Å². The molecule has 0 aliphatic carbocycles. The Balaban J connectivity index is 1.95. The first-order valence-electron chi connectivity index (χ1n) is 8.00. The van der Waals surface area contributed by atoms with E-state index in [9.17, 15) is 9.59 Å². The smallest absolute Gasteiger partial charge is 0.336 e. The van der Waals surface area contributed by atoms with Crippen molar-refractivity contribution in [3.05, 3.63) is 45.3 Å². The summed E-state index contributed by atoms with van der Waals surface area (Å²) in [6.07, 6.45) is 1.80. The van der Waals surface area contributed by atoms with E-state index in [1.165, 1.54) is 0 Å². The fourth-order valence-electron chi connectivity index (χ4n) is 3.33. The highest BCUT2D eigenvalue weighted by atomic mass is 16.4. The van der Waals surface area contributed by atoms with E-state index in [1.54, 1.807) is 6.07 Å². The minimum atomic E-state index is -0.329. The molecule has 1 aliphatic rings. The largest absolute Gasteiger partial charge is 0.422 e. The maximum absolute atomic E-state index is 11.9. The van der Waals surface area contributed by atoms with Gasteiger partial charge in [-0.1, -0.05) is 12.1 Å². The summed E-state index contributed by atoms with van der Waals surface area (Å²) in [6.45, 7) is 6.17. The number of amides is 1. The average molecular weight is 314 g/mol. The predicted molar refractivity (Wildman–Crippen MR) is 89.2 cm³/mol. The number of nitrogens with two attached hydrogens (primary N) is 1. The molecule has 1 amide bonds. The van der Waals surface area contributed by atoms with Crippen molar-refractivity contribution in [3.63, 3.8) is 0 Å². The molecule has 1 aliphatic heterocycles. The fraction of sp³-hybridized carbons (Fsp3) is 0.444. The molecule has 5 nitrogen and oxygen atoms in total. The van der Waals surface area contributed by atoms with Gasteiger partial charge in [0.05, 0.1) is 5.92 Å². The van der Waals surface area contributed by atoms with Gasteiger partial charge in [-0.15, -0.1) is 0 Å². The lowest BCUT2D eigenvalue weighted by molar-refractivity contribution is -0.123. The number of aryl methyl sites for hydroxylation is 2. The van der Waals surface area contributed by atoms with Crippen molar-refractivity contribution >= 4 is 16.9 Å². The van der Waals surface area contributed by atoms with E-state index in [4.69, 9.17) is 10.2 Å². The molecule has 1 aromatic carbocycles. The number of carbonyl (C=O) groups excluding carboxylic acids is 1. The lowest BCUT2D eigenvalue weighted by Gasteiger charge is -2.31. The molecule has 1 fully saturated rings. The van der Waals surface area contributed by atoms with Crippen LogP contribution in [-0.4, -0.2) is 23.9 Å². The summed E-state index contributed by atoms with van der Waals surface area (Å²) in [5, 5.41) is 0.967. The Bertz CT molecular complexity index is 810. The first kappa shape index (κ1) is 15.7. The van der Waals surface area contributed by atoms with Crippen LogP contribution in [0.2, 0.25) is 0 Å². The number of nitrogens with zero attached hydrogens (tertiary/aromatic N) is 1. The number of benzene rings is 1. The topological polar surface area (TPSA) is 76.5 Å². The summed E-state index contributed by atoms with van der Waals surface area (Å²) in [6, 6.07) is 5.61. The Labute approximate surface area is 135 Å². The van der Waals surface area contributed by atoms with E-state index < -0.39 is 0 Å². The highest BCUT2D eigenvalue weighted by molar-refractivity contribution is 5.84. The van der Waals surface area contributed by atoms with Crippen molar-refractivity contribution in [2.75, 3.05) is 13.1 Å². The van der Waals surface area contributed by atoms with Gasteiger partial charge in [-0.2, -0.15) is 0 Å². The van der Waals surface area contributed by atoms with Crippen LogP contribution in [0.15, 0.2) is 27.4 Å². The molecule has 0 bridgehead atoms. The second kappa shape index (κ2) is 6.16. The number of likely N-dealkylation sites (tertiary alicyclic amines) is 1. The van der Waals surface area contributed by atoms with Crippen LogP contribution in [0.25, 0.3) is 11.0 Å². The second-order valence-electron chi connectivity index (χ2n) is 6.45. The van der Waals surface area contributed by atoms with Crippen molar-refractivity contribution in [1.29, 1.82) is 0 Å². The number of hydrogen-bond donors (Lipinski definition) is 1. The molecule has 1 aromatic heterocycles. The van der Waals surface area contributed by atoms with Gasteiger partial charge in [-0.25, -0.2) is 4.79 Å². The molecule has 2 N–H and O–H groups in total. The molecule has 5 heteroatoms. The summed E-state index contributed by atoms with van der Waals surface area (Å²) in [7, 11) is 0. The molecule has 23 heavy (non-hydrogen) atoms. The SMILES string of the molecule is Cc1ccc2c(CN3CCC[C@@H](C(N)=O)C3)cc(=O)oc2c1C. The van der Waals surface area contributed by atoms with Gasteiger partial charge < -0.3 is 10.2 Å². The molecule has 0 saturated carbocycles. The minimum Gasteiger partial charge on any atom is -0.422 e. The van der Waals surface area contributed by atoms with Gasteiger partial charge in [0.1, 0.15) is 5.58 Å². The Morgan fingerprint density at radius 2 is 2.17 bits per heavy atom. The molecule has 3 rings (SSSR count). The lowest BCUT2D eigenvalue weighted by Crippen LogP contribution is -2.40. The Morgan fingerprint density at radius 3 is 2.91 bits per heavy atom. The number of fused-ring (bicyclic) bond motifs is 1. The third kappa shape index (κ3) is 3.15. The summed E-state index contributed by atoms with van der Waals surface area (Å²) in [4.78, 5) is 25.6. The number of carbonyl (C=O) groups is 1. The summed E-state index contributed by atoms with van der Waals surface area (Å²) in [5.74, 6) is -0.335. The van der Waals surface area contributed by atoms with Crippen LogP contribution >= 0.6 is 0 Å². The quantitative estimate of drug-likeness (QED) is 0.880. The maximum atomic E-state index is 11.9. The van der Waals surface area contributed by atoms with E-state index in [-0.39, 0.29) is 17.5 Å². The van der Waals surface area contributed by atoms with Gasteiger partial charge in [0.15, 0.2) is 0 Å². The van der Waals surface area contributed by atoms with Crippen molar-refractivity contribution < 1.29 is 9.21 Å². The summed E-state index contributed by atoms with van der Waals surface area (Å²) >= 11 is 0. The van der Waals surface area contributed by atoms with E-state index in [1.807, 2.05) is 26.0 Å². The zero-order chi connectivity index (χ0) is 16.6. The van der Waals surface area contributed by atoms with Crippen LogP contribution in [0.1, 0.15) is 29.5 Å². The molecular weight excluding hydrogens is 292 g/mol. The van der Waals surface area contributed by atoms with E-state index in [2.05, 4.69) is 4.90 Å². The monoisotopic (exact) mass is 314 g/mol. The molecular formula is C18H22N2O3. The van der Waals surface area contributed by atoms with Gasteiger partial charge >= 0.3 is 5.63 Å². The van der Waals surface area contributed by atoms with Crippen LogP contribution in [-0.2, 0) is 11.3 Å². The van der Waals surface area contributed by atoms with Crippen LogP contribution in [0, 0.1) is 19.8 Å². The number of primary amides is 1. The molecule has 0 spiro atoms. The Hall–Kier alpha value is -2.14. The molecule has 122 valence electrons. The van der Waals surface area contributed by atoms with Crippen LogP contribution < -0.4 is 11.4 Å². The van der Waals surface area contributed by atoms with Gasteiger partial charge in [-0.05, 0) is 49.9 Å². The Morgan fingerprint density at radius 1 is 1.39 bits per heavy atom. The van der Waals surface area contributed by atoms with Crippen LogP contribution in [0.3, 0.4) is 0 Å². The van der Waals surface area contributed by atoms with Crippen molar-refractivity contribution in [2.24, 2.45) is 11.7 Å². The molecule has 1 atom stereocenters. The zero-order valence-electron chi connectivity index (χ0n) is 13.6. The van der Waals surface area contributed by atoms with Crippen LogP contribution in [0.5, 0.6) is 0 Å². The molecule has 2 aromatic rings. The zero-order valence-corrected chi connectivity index (χ0v) is 13.6. The molecule has 0 radical (unpaired) electrons.